The number of nitrogens with one attached hydrogen (secondary N) is 1. The van der Waals surface area contributed by atoms with E-state index in [1.54, 1.807) is 0 Å². The first-order chi connectivity index (χ1) is 13.8. The smallest absolute Gasteiger partial charge is 0.281 e. The number of hydrogen-bond donors (Lipinski definition) is 1. The molecule has 1 amide bonds. The van der Waals surface area contributed by atoms with Crippen molar-refractivity contribution in [3.63, 3.8) is 0 Å². The monoisotopic (exact) mass is 415 g/mol. The fourth-order valence-corrected chi connectivity index (χ4v) is 4.74. The van der Waals surface area contributed by atoms with Gasteiger partial charge in [-0.3, -0.25) is 4.79 Å². The second-order valence-electron chi connectivity index (χ2n) is 7.73. The molecule has 1 N–H and O–H groups in total. The summed E-state index contributed by atoms with van der Waals surface area (Å²) in [7, 11) is -0.371. The predicted molar refractivity (Wildman–Crippen MR) is 115 cm³/mol. The number of rotatable bonds is 6. The maximum Gasteiger partial charge on any atom is 0.281 e. The molecule has 29 heavy (non-hydrogen) atoms. The van der Waals surface area contributed by atoms with Crippen molar-refractivity contribution in [3.8, 4) is 0 Å². The van der Waals surface area contributed by atoms with E-state index in [-0.39, 0.29) is 17.9 Å². The number of aryl methyl sites for hydroxylation is 1. The number of piperidine rings is 1. The molecule has 1 heterocycles. The van der Waals surface area contributed by atoms with Gasteiger partial charge >= 0.3 is 0 Å². The first-order valence-corrected chi connectivity index (χ1v) is 11.3. The number of carbonyl (C=O) groups excluding carboxylic acids is 1. The second-order valence-corrected chi connectivity index (χ2v) is 9.87. The number of nitrogens with zero attached hydrogens (tertiary/aromatic N) is 2. The van der Waals surface area contributed by atoms with Gasteiger partial charge in [-0.2, -0.15) is 17.0 Å². The highest BCUT2D eigenvalue weighted by molar-refractivity contribution is 7.86. The van der Waals surface area contributed by atoms with Crippen molar-refractivity contribution in [2.24, 2.45) is 5.92 Å². The highest BCUT2D eigenvalue weighted by Crippen LogP contribution is 2.26. The van der Waals surface area contributed by atoms with Gasteiger partial charge in [-0.15, -0.1) is 0 Å². The Morgan fingerprint density at radius 1 is 1.00 bits per heavy atom. The van der Waals surface area contributed by atoms with Crippen LogP contribution in [0.3, 0.4) is 0 Å². The van der Waals surface area contributed by atoms with Crippen molar-refractivity contribution < 1.29 is 13.2 Å². The molecule has 1 unspecified atom stereocenters. The molecule has 0 aliphatic carbocycles. The normalized spacial score (nSPS) is 17.2. The minimum atomic E-state index is -3.43. The van der Waals surface area contributed by atoms with E-state index in [0.29, 0.717) is 25.9 Å². The molecule has 2 aromatic carbocycles. The van der Waals surface area contributed by atoms with E-state index >= 15 is 0 Å². The number of hydrogen-bond acceptors (Lipinski definition) is 3. The van der Waals surface area contributed by atoms with Crippen LogP contribution in [0.5, 0.6) is 0 Å². The van der Waals surface area contributed by atoms with Gasteiger partial charge in [0.15, 0.2) is 0 Å². The summed E-state index contributed by atoms with van der Waals surface area (Å²) in [6.07, 6.45) is 1.04. The Morgan fingerprint density at radius 3 is 2.10 bits per heavy atom. The molecule has 1 fully saturated rings. The van der Waals surface area contributed by atoms with E-state index in [0.717, 1.165) is 11.1 Å². The SMILES string of the molecule is Cc1ccc(C(NC(=O)C2CCN(S(=O)(=O)N(C)C)CC2)c2ccccc2)cc1. The molecule has 0 saturated carbocycles. The van der Waals surface area contributed by atoms with Gasteiger partial charge in [-0.25, -0.2) is 0 Å². The van der Waals surface area contributed by atoms with Crippen molar-refractivity contribution in [1.82, 2.24) is 13.9 Å². The van der Waals surface area contributed by atoms with Crippen LogP contribution in [0.25, 0.3) is 0 Å². The summed E-state index contributed by atoms with van der Waals surface area (Å²) in [5.74, 6) is -0.221. The molecule has 2 aromatic rings. The molecule has 156 valence electrons. The molecule has 0 spiro atoms. The average molecular weight is 416 g/mol. The summed E-state index contributed by atoms with van der Waals surface area (Å²) in [5.41, 5.74) is 3.22. The molecular formula is C22H29N3O3S. The van der Waals surface area contributed by atoms with Gasteiger partial charge in [-0.1, -0.05) is 60.2 Å². The van der Waals surface area contributed by atoms with Crippen LogP contribution >= 0.6 is 0 Å². The molecule has 1 aliphatic rings. The van der Waals surface area contributed by atoms with Crippen LogP contribution in [-0.2, 0) is 15.0 Å². The van der Waals surface area contributed by atoms with Crippen LogP contribution in [0.4, 0.5) is 0 Å². The minimum absolute atomic E-state index is 0.0265. The Morgan fingerprint density at radius 2 is 1.55 bits per heavy atom. The number of benzene rings is 2. The lowest BCUT2D eigenvalue weighted by molar-refractivity contribution is -0.126. The second kappa shape index (κ2) is 9.07. The largest absolute Gasteiger partial charge is 0.345 e. The molecule has 0 bridgehead atoms. The Hall–Kier alpha value is -2.22. The molecule has 6 nitrogen and oxygen atoms in total. The molecule has 0 radical (unpaired) electrons. The van der Waals surface area contributed by atoms with Gasteiger partial charge in [0.1, 0.15) is 0 Å². The van der Waals surface area contributed by atoms with Crippen molar-refractivity contribution in [2.45, 2.75) is 25.8 Å². The van der Waals surface area contributed by atoms with E-state index in [2.05, 4.69) is 5.32 Å². The fourth-order valence-electron chi connectivity index (χ4n) is 3.60. The quantitative estimate of drug-likeness (QED) is 0.789. The van der Waals surface area contributed by atoms with Crippen molar-refractivity contribution in [1.29, 1.82) is 0 Å². The van der Waals surface area contributed by atoms with Gasteiger partial charge in [0.25, 0.3) is 10.2 Å². The standard InChI is InChI=1S/C22H29N3O3S/c1-17-9-11-19(12-10-17)21(18-7-5-4-6-8-18)23-22(26)20-13-15-25(16-14-20)29(27,28)24(2)3/h4-12,20-21H,13-16H2,1-3H3,(H,23,26). The lowest BCUT2D eigenvalue weighted by Gasteiger charge is -2.33. The molecule has 7 heteroatoms. The fraction of sp³-hybridized carbons (Fsp3) is 0.409. The summed E-state index contributed by atoms with van der Waals surface area (Å²) < 4.78 is 27.2. The van der Waals surface area contributed by atoms with Gasteiger partial charge in [0, 0.05) is 33.1 Å². The van der Waals surface area contributed by atoms with E-state index in [4.69, 9.17) is 0 Å². The molecule has 1 aliphatic heterocycles. The first kappa shape index (κ1) is 21.5. The molecule has 0 aromatic heterocycles. The summed E-state index contributed by atoms with van der Waals surface area (Å²) >= 11 is 0. The van der Waals surface area contributed by atoms with E-state index in [1.807, 2.05) is 61.5 Å². The summed E-state index contributed by atoms with van der Waals surface area (Å²) in [4.78, 5) is 13.0. The third kappa shape index (κ3) is 5.04. The maximum absolute atomic E-state index is 13.0. The number of amides is 1. The Labute approximate surface area is 173 Å². The molecular weight excluding hydrogens is 386 g/mol. The van der Waals surface area contributed by atoms with Crippen LogP contribution in [0.15, 0.2) is 54.6 Å². The highest BCUT2D eigenvalue weighted by Gasteiger charge is 2.33. The van der Waals surface area contributed by atoms with E-state index < -0.39 is 10.2 Å². The predicted octanol–water partition coefficient (Wildman–Crippen LogP) is 2.72. The third-order valence-electron chi connectivity index (χ3n) is 5.44. The molecule has 1 saturated heterocycles. The van der Waals surface area contributed by atoms with Gasteiger partial charge in [0.05, 0.1) is 6.04 Å². The zero-order chi connectivity index (χ0) is 21.0. The van der Waals surface area contributed by atoms with Crippen LogP contribution in [0.2, 0.25) is 0 Å². The van der Waals surface area contributed by atoms with Gasteiger partial charge in [-0.05, 0) is 30.9 Å². The zero-order valence-electron chi connectivity index (χ0n) is 17.2. The third-order valence-corrected chi connectivity index (χ3v) is 7.38. The summed E-state index contributed by atoms with van der Waals surface area (Å²) in [6, 6.07) is 17.9. The topological polar surface area (TPSA) is 69.7 Å². The first-order valence-electron chi connectivity index (χ1n) is 9.88. The number of carbonyl (C=O) groups is 1. The summed E-state index contributed by atoms with van der Waals surface area (Å²) in [6.45, 7) is 2.76. The van der Waals surface area contributed by atoms with Crippen molar-refractivity contribution >= 4 is 16.1 Å². The van der Waals surface area contributed by atoms with Crippen LogP contribution < -0.4 is 5.32 Å². The Kier molecular flexibility index (Phi) is 6.72. The lowest BCUT2D eigenvalue weighted by Crippen LogP contribution is -2.47. The Bertz CT molecular complexity index is 920. The van der Waals surface area contributed by atoms with Gasteiger partial charge in [0.2, 0.25) is 5.91 Å². The van der Waals surface area contributed by atoms with Gasteiger partial charge < -0.3 is 5.32 Å². The zero-order valence-corrected chi connectivity index (χ0v) is 18.0. The van der Waals surface area contributed by atoms with Crippen LogP contribution in [0.1, 0.15) is 35.6 Å². The highest BCUT2D eigenvalue weighted by atomic mass is 32.2. The lowest BCUT2D eigenvalue weighted by atomic mass is 9.94. The van der Waals surface area contributed by atoms with Crippen molar-refractivity contribution in [2.75, 3.05) is 27.2 Å². The molecule has 1 atom stereocenters. The Balaban J connectivity index is 1.72. The summed E-state index contributed by atoms with van der Waals surface area (Å²) in [5, 5.41) is 3.20. The van der Waals surface area contributed by atoms with E-state index in [1.165, 1.54) is 28.3 Å². The molecule has 3 rings (SSSR count). The minimum Gasteiger partial charge on any atom is -0.345 e. The van der Waals surface area contributed by atoms with E-state index in [9.17, 15) is 13.2 Å². The van der Waals surface area contributed by atoms with Crippen LogP contribution in [0, 0.1) is 12.8 Å². The van der Waals surface area contributed by atoms with Crippen LogP contribution in [-0.4, -0.2) is 50.1 Å². The maximum atomic E-state index is 13.0. The average Bonchev–Trinajstić information content (AvgIpc) is 2.73. The van der Waals surface area contributed by atoms with Crippen molar-refractivity contribution in [3.05, 3.63) is 71.3 Å².